The molecule has 2 atom stereocenters. The third kappa shape index (κ3) is 1.86. The summed E-state index contributed by atoms with van der Waals surface area (Å²) in [5.41, 5.74) is 0.393. The highest BCUT2D eigenvalue weighted by molar-refractivity contribution is 5.88. The molecule has 0 heterocycles. The van der Waals surface area contributed by atoms with Crippen LogP contribution in [0.5, 0.6) is 5.75 Å². The van der Waals surface area contributed by atoms with Gasteiger partial charge in [0.25, 0.3) is 0 Å². The van der Waals surface area contributed by atoms with E-state index in [1.165, 1.54) is 7.11 Å². The van der Waals surface area contributed by atoms with Crippen molar-refractivity contribution in [2.75, 3.05) is 27.8 Å². The summed E-state index contributed by atoms with van der Waals surface area (Å²) < 4.78 is 10.4. The second kappa shape index (κ2) is 4.98. The lowest BCUT2D eigenvalue weighted by Crippen LogP contribution is -2.28. The molecule has 0 amide bonds. The highest BCUT2D eigenvalue weighted by atomic mass is 16.5. The van der Waals surface area contributed by atoms with Crippen LogP contribution in [0, 0.1) is 5.92 Å². The van der Waals surface area contributed by atoms with E-state index in [0.717, 1.165) is 24.3 Å². The topological polar surface area (TPSA) is 47.6 Å². The van der Waals surface area contributed by atoms with Gasteiger partial charge in [-0.1, -0.05) is 18.2 Å². The van der Waals surface area contributed by atoms with Crippen molar-refractivity contribution in [3.05, 3.63) is 29.8 Å². The van der Waals surface area contributed by atoms with Gasteiger partial charge in [0.05, 0.1) is 14.2 Å². The zero-order valence-corrected chi connectivity index (χ0v) is 11.0. The van der Waals surface area contributed by atoms with Crippen LogP contribution in [0.15, 0.2) is 24.3 Å². The number of carbonyl (C=O) groups is 1. The van der Waals surface area contributed by atoms with E-state index in [1.54, 1.807) is 7.11 Å². The summed E-state index contributed by atoms with van der Waals surface area (Å²) in [6, 6.07) is 7.67. The molecule has 98 valence electrons. The lowest BCUT2D eigenvalue weighted by molar-refractivity contribution is -0.144. The van der Waals surface area contributed by atoms with Gasteiger partial charge >= 0.3 is 5.97 Å². The molecule has 1 aliphatic carbocycles. The molecule has 1 aliphatic rings. The zero-order valence-electron chi connectivity index (χ0n) is 11.0. The Kier molecular flexibility index (Phi) is 3.57. The standard InChI is InChI=1S/C14H19NO3/c1-15-9-10-8-14(10,13(16)18-3)11-6-4-5-7-12(11)17-2/h4-7,10,15H,8-9H2,1-3H3/t10-,14+/m0/s1. The fraction of sp³-hybridized carbons (Fsp3) is 0.500. The fourth-order valence-corrected chi connectivity index (χ4v) is 2.71. The summed E-state index contributed by atoms with van der Waals surface area (Å²) in [6.45, 7) is 0.799. The van der Waals surface area contributed by atoms with Crippen molar-refractivity contribution >= 4 is 5.97 Å². The van der Waals surface area contributed by atoms with Crippen LogP contribution < -0.4 is 10.1 Å². The summed E-state index contributed by atoms with van der Waals surface area (Å²) in [6.07, 6.45) is 0.806. The smallest absolute Gasteiger partial charge is 0.316 e. The number of para-hydroxylation sites is 1. The van der Waals surface area contributed by atoms with Crippen LogP contribution in [0.1, 0.15) is 12.0 Å². The second-order valence-electron chi connectivity index (χ2n) is 4.62. The van der Waals surface area contributed by atoms with Crippen LogP contribution in [0.2, 0.25) is 0 Å². The first-order valence-electron chi connectivity index (χ1n) is 6.07. The number of benzene rings is 1. The molecule has 0 radical (unpaired) electrons. The van der Waals surface area contributed by atoms with Gasteiger partial charge in [0.1, 0.15) is 11.2 Å². The quantitative estimate of drug-likeness (QED) is 0.800. The van der Waals surface area contributed by atoms with Crippen LogP contribution in [0.25, 0.3) is 0 Å². The summed E-state index contributed by atoms with van der Waals surface area (Å²) in [4.78, 5) is 12.1. The Bertz CT molecular complexity index is 446. The number of ether oxygens (including phenoxy) is 2. The van der Waals surface area contributed by atoms with Gasteiger partial charge in [0.15, 0.2) is 0 Å². The molecule has 0 bridgehead atoms. The average Bonchev–Trinajstić information content (AvgIpc) is 3.13. The molecule has 18 heavy (non-hydrogen) atoms. The van der Waals surface area contributed by atoms with E-state index >= 15 is 0 Å². The molecule has 0 saturated heterocycles. The molecular weight excluding hydrogens is 230 g/mol. The van der Waals surface area contributed by atoms with Crippen molar-refractivity contribution in [2.45, 2.75) is 11.8 Å². The number of nitrogens with one attached hydrogen (secondary N) is 1. The van der Waals surface area contributed by atoms with Gasteiger partial charge in [0, 0.05) is 5.56 Å². The van der Waals surface area contributed by atoms with Crippen molar-refractivity contribution < 1.29 is 14.3 Å². The molecular formula is C14H19NO3. The minimum atomic E-state index is -0.537. The van der Waals surface area contributed by atoms with E-state index < -0.39 is 5.41 Å². The highest BCUT2D eigenvalue weighted by Gasteiger charge is 2.62. The second-order valence-corrected chi connectivity index (χ2v) is 4.62. The monoisotopic (exact) mass is 249 g/mol. The van der Waals surface area contributed by atoms with Crippen molar-refractivity contribution in [1.29, 1.82) is 0 Å². The van der Waals surface area contributed by atoms with Crippen molar-refractivity contribution in [3.63, 3.8) is 0 Å². The van der Waals surface area contributed by atoms with Gasteiger partial charge in [0.2, 0.25) is 0 Å². The van der Waals surface area contributed by atoms with Crippen LogP contribution in [-0.2, 0) is 14.9 Å². The Morgan fingerprint density at radius 1 is 1.44 bits per heavy atom. The van der Waals surface area contributed by atoms with E-state index in [4.69, 9.17) is 9.47 Å². The Hall–Kier alpha value is -1.55. The molecule has 0 aliphatic heterocycles. The molecule has 1 aromatic rings. The third-order valence-corrected chi connectivity index (χ3v) is 3.69. The van der Waals surface area contributed by atoms with Gasteiger partial charge < -0.3 is 14.8 Å². The lowest BCUT2D eigenvalue weighted by Gasteiger charge is -2.18. The van der Waals surface area contributed by atoms with E-state index in [2.05, 4.69) is 5.32 Å². The summed E-state index contributed by atoms with van der Waals surface area (Å²) in [5, 5.41) is 3.12. The average molecular weight is 249 g/mol. The van der Waals surface area contributed by atoms with Crippen LogP contribution in [-0.4, -0.2) is 33.8 Å². The number of hydrogen-bond acceptors (Lipinski definition) is 4. The van der Waals surface area contributed by atoms with Crippen molar-refractivity contribution in [3.8, 4) is 5.75 Å². The predicted octanol–water partition coefficient (Wildman–Crippen LogP) is 1.35. The summed E-state index contributed by atoms with van der Waals surface area (Å²) >= 11 is 0. The van der Waals surface area contributed by atoms with E-state index in [-0.39, 0.29) is 11.9 Å². The number of methoxy groups -OCH3 is 2. The number of rotatable bonds is 5. The van der Waals surface area contributed by atoms with Gasteiger partial charge in [-0.25, -0.2) is 0 Å². The molecule has 0 aromatic heterocycles. The molecule has 1 saturated carbocycles. The Morgan fingerprint density at radius 2 is 2.17 bits per heavy atom. The van der Waals surface area contributed by atoms with E-state index in [1.807, 2.05) is 31.3 Å². The number of carbonyl (C=O) groups excluding carboxylic acids is 1. The van der Waals surface area contributed by atoms with Gasteiger partial charge in [-0.3, -0.25) is 4.79 Å². The molecule has 1 aromatic carbocycles. The Morgan fingerprint density at radius 3 is 2.78 bits per heavy atom. The lowest BCUT2D eigenvalue weighted by atomic mass is 9.92. The zero-order chi connectivity index (χ0) is 13.2. The Balaban J connectivity index is 2.40. The predicted molar refractivity (Wildman–Crippen MR) is 68.7 cm³/mol. The maximum Gasteiger partial charge on any atom is 0.316 e. The molecule has 1 fully saturated rings. The molecule has 1 N–H and O–H groups in total. The summed E-state index contributed by atoms with van der Waals surface area (Å²) in [5.74, 6) is 0.847. The largest absolute Gasteiger partial charge is 0.496 e. The molecule has 4 heteroatoms. The molecule has 2 rings (SSSR count). The molecule has 0 spiro atoms. The maximum absolute atomic E-state index is 12.1. The van der Waals surface area contributed by atoms with Gasteiger partial charge in [-0.05, 0) is 32.0 Å². The van der Waals surface area contributed by atoms with Crippen LogP contribution >= 0.6 is 0 Å². The normalized spacial score (nSPS) is 25.6. The first-order valence-corrected chi connectivity index (χ1v) is 6.07. The fourth-order valence-electron chi connectivity index (χ4n) is 2.71. The van der Waals surface area contributed by atoms with Gasteiger partial charge in [-0.15, -0.1) is 0 Å². The number of hydrogen-bond donors (Lipinski definition) is 1. The SMILES string of the molecule is CNC[C@@H]1C[C@]1(C(=O)OC)c1ccccc1OC. The first-order chi connectivity index (χ1) is 8.70. The highest BCUT2D eigenvalue weighted by Crippen LogP contribution is 2.57. The van der Waals surface area contributed by atoms with Crippen molar-refractivity contribution in [1.82, 2.24) is 5.32 Å². The minimum Gasteiger partial charge on any atom is -0.496 e. The molecule has 0 unspecified atom stereocenters. The number of esters is 1. The van der Waals surface area contributed by atoms with Gasteiger partial charge in [-0.2, -0.15) is 0 Å². The maximum atomic E-state index is 12.1. The van der Waals surface area contributed by atoms with E-state index in [9.17, 15) is 4.79 Å². The van der Waals surface area contributed by atoms with Crippen LogP contribution in [0.3, 0.4) is 0 Å². The first kappa shape index (κ1) is 12.9. The third-order valence-electron chi connectivity index (χ3n) is 3.69. The molecule has 4 nitrogen and oxygen atoms in total. The van der Waals surface area contributed by atoms with Crippen molar-refractivity contribution in [2.24, 2.45) is 5.92 Å². The van der Waals surface area contributed by atoms with Crippen LogP contribution in [0.4, 0.5) is 0 Å². The van der Waals surface area contributed by atoms with E-state index in [0.29, 0.717) is 0 Å². The summed E-state index contributed by atoms with van der Waals surface area (Å²) in [7, 11) is 4.95. The Labute approximate surface area is 107 Å². The minimum absolute atomic E-state index is 0.174.